The molecule has 5 nitrogen and oxygen atoms in total. The molecule has 1 aromatic heterocycles. The average molecular weight is 417 g/mol. The number of nitrogens with two attached hydrogens (primary N) is 1. The molecule has 126 valence electrons. The van der Waals surface area contributed by atoms with E-state index in [0.717, 1.165) is 20.9 Å². The van der Waals surface area contributed by atoms with Gasteiger partial charge in [0.1, 0.15) is 4.88 Å². The largest absolute Gasteiger partial charge is 0.454 e. The lowest BCUT2D eigenvalue weighted by Crippen LogP contribution is -2.01. The van der Waals surface area contributed by atoms with Crippen molar-refractivity contribution in [3.8, 4) is 11.5 Å². The first-order valence-corrected chi connectivity index (χ1v) is 9.07. The molecule has 7 heteroatoms. The van der Waals surface area contributed by atoms with Crippen LogP contribution < -0.4 is 20.5 Å². The lowest BCUT2D eigenvalue weighted by molar-refractivity contribution is 0.104. The SMILES string of the molecule is Nc1cc(Nc2ccc3c(c2)OCO3)sc1C(=O)c1ccc(Br)cc1. The summed E-state index contributed by atoms with van der Waals surface area (Å²) in [4.78, 5) is 13.2. The highest BCUT2D eigenvalue weighted by Crippen LogP contribution is 2.37. The predicted octanol–water partition coefficient (Wildman–Crippen LogP) is 4.80. The number of thiophene rings is 1. The number of hydrogen-bond acceptors (Lipinski definition) is 6. The summed E-state index contributed by atoms with van der Waals surface area (Å²) in [6.07, 6.45) is 0. The van der Waals surface area contributed by atoms with Crippen molar-refractivity contribution in [3.05, 3.63) is 63.4 Å². The van der Waals surface area contributed by atoms with Crippen molar-refractivity contribution in [2.24, 2.45) is 0 Å². The highest BCUT2D eigenvalue weighted by molar-refractivity contribution is 9.10. The smallest absolute Gasteiger partial charge is 0.231 e. The first-order valence-electron chi connectivity index (χ1n) is 7.46. The van der Waals surface area contributed by atoms with Crippen LogP contribution in [0.3, 0.4) is 0 Å². The number of benzene rings is 2. The number of anilines is 3. The molecule has 0 aliphatic carbocycles. The van der Waals surface area contributed by atoms with Gasteiger partial charge in [-0.3, -0.25) is 4.79 Å². The zero-order chi connectivity index (χ0) is 17.4. The Kier molecular flexibility index (Phi) is 4.10. The number of fused-ring (bicyclic) bond motifs is 1. The Morgan fingerprint density at radius 1 is 1.08 bits per heavy atom. The molecule has 0 saturated heterocycles. The van der Waals surface area contributed by atoms with Crippen molar-refractivity contribution in [2.75, 3.05) is 17.8 Å². The summed E-state index contributed by atoms with van der Waals surface area (Å²) in [5.74, 6) is 1.33. The number of carbonyl (C=O) groups is 1. The van der Waals surface area contributed by atoms with Crippen molar-refractivity contribution in [1.29, 1.82) is 0 Å². The minimum Gasteiger partial charge on any atom is -0.454 e. The van der Waals surface area contributed by atoms with Crippen LogP contribution in [0, 0.1) is 0 Å². The highest BCUT2D eigenvalue weighted by atomic mass is 79.9. The Bertz CT molecular complexity index is 953. The molecule has 0 spiro atoms. The van der Waals surface area contributed by atoms with Gasteiger partial charge in [-0.05, 0) is 42.5 Å². The van der Waals surface area contributed by atoms with Crippen molar-refractivity contribution in [1.82, 2.24) is 0 Å². The number of carbonyl (C=O) groups excluding carboxylic acids is 1. The highest BCUT2D eigenvalue weighted by Gasteiger charge is 2.18. The molecule has 1 aliphatic heterocycles. The molecule has 0 radical (unpaired) electrons. The number of nitrogens with one attached hydrogen (secondary N) is 1. The van der Waals surface area contributed by atoms with Gasteiger partial charge in [-0.25, -0.2) is 0 Å². The third kappa shape index (κ3) is 3.20. The molecular formula is C18H13BrN2O3S. The van der Waals surface area contributed by atoms with Crippen LogP contribution in [0.1, 0.15) is 15.2 Å². The van der Waals surface area contributed by atoms with Crippen molar-refractivity contribution < 1.29 is 14.3 Å². The number of nitrogen functional groups attached to an aromatic ring is 1. The van der Waals surface area contributed by atoms with Gasteiger partial charge in [-0.15, -0.1) is 11.3 Å². The minimum atomic E-state index is -0.0891. The zero-order valence-electron chi connectivity index (χ0n) is 12.9. The van der Waals surface area contributed by atoms with Gasteiger partial charge in [0.15, 0.2) is 11.5 Å². The maximum atomic E-state index is 12.6. The van der Waals surface area contributed by atoms with Crippen LogP contribution in [0.2, 0.25) is 0 Å². The fourth-order valence-electron chi connectivity index (χ4n) is 2.49. The summed E-state index contributed by atoms with van der Waals surface area (Å²) < 4.78 is 11.6. The monoisotopic (exact) mass is 416 g/mol. The van der Waals surface area contributed by atoms with Crippen LogP contribution in [0.25, 0.3) is 0 Å². The summed E-state index contributed by atoms with van der Waals surface area (Å²) in [6.45, 7) is 0.233. The molecule has 0 amide bonds. The molecule has 25 heavy (non-hydrogen) atoms. The predicted molar refractivity (Wildman–Crippen MR) is 102 cm³/mol. The maximum absolute atomic E-state index is 12.6. The Morgan fingerprint density at radius 3 is 2.64 bits per heavy atom. The van der Waals surface area contributed by atoms with E-state index in [1.54, 1.807) is 18.2 Å². The lowest BCUT2D eigenvalue weighted by Gasteiger charge is -2.04. The van der Waals surface area contributed by atoms with Gasteiger partial charge >= 0.3 is 0 Å². The minimum absolute atomic E-state index is 0.0891. The van der Waals surface area contributed by atoms with Gasteiger partial charge < -0.3 is 20.5 Å². The number of ketones is 1. The van der Waals surface area contributed by atoms with Gasteiger partial charge in [-0.1, -0.05) is 15.9 Å². The van der Waals surface area contributed by atoms with Gasteiger partial charge in [0.2, 0.25) is 12.6 Å². The molecule has 0 fully saturated rings. The quantitative estimate of drug-likeness (QED) is 0.597. The molecule has 4 rings (SSSR count). The van der Waals surface area contributed by atoms with Gasteiger partial charge in [0.05, 0.1) is 10.7 Å². The third-order valence-electron chi connectivity index (χ3n) is 3.71. The van der Waals surface area contributed by atoms with Gasteiger partial charge in [0.25, 0.3) is 0 Å². The van der Waals surface area contributed by atoms with Crippen molar-refractivity contribution >= 4 is 49.4 Å². The van der Waals surface area contributed by atoms with E-state index in [2.05, 4.69) is 21.2 Å². The second-order valence-electron chi connectivity index (χ2n) is 5.42. The van der Waals surface area contributed by atoms with E-state index in [-0.39, 0.29) is 12.6 Å². The summed E-state index contributed by atoms with van der Waals surface area (Å²) in [7, 11) is 0. The molecule has 0 atom stereocenters. The normalized spacial score (nSPS) is 12.2. The second-order valence-corrected chi connectivity index (χ2v) is 7.39. The summed E-state index contributed by atoms with van der Waals surface area (Å²) in [6, 6.07) is 14.6. The third-order valence-corrected chi connectivity index (χ3v) is 5.31. The number of ether oxygens (including phenoxy) is 2. The molecule has 3 N–H and O–H groups in total. The lowest BCUT2D eigenvalue weighted by atomic mass is 10.1. The van der Waals surface area contributed by atoms with Crippen LogP contribution in [0.15, 0.2) is 53.0 Å². The van der Waals surface area contributed by atoms with E-state index < -0.39 is 0 Å². The molecule has 3 aromatic rings. The number of halogens is 1. The maximum Gasteiger partial charge on any atom is 0.231 e. The average Bonchev–Trinajstić information content (AvgIpc) is 3.21. The molecule has 0 saturated carbocycles. The molecule has 0 bridgehead atoms. The summed E-state index contributed by atoms with van der Waals surface area (Å²) in [5.41, 5.74) is 7.95. The van der Waals surface area contributed by atoms with E-state index in [4.69, 9.17) is 15.2 Å². The standard InChI is InChI=1S/C18H13BrN2O3S/c19-11-3-1-10(2-4-11)17(22)18-13(20)8-16(25-18)21-12-5-6-14-15(7-12)24-9-23-14/h1-8,21H,9,20H2. The fraction of sp³-hybridized carbons (Fsp3) is 0.0556. The van der Waals surface area contributed by atoms with Gasteiger partial charge in [-0.2, -0.15) is 0 Å². The van der Waals surface area contributed by atoms with Crippen molar-refractivity contribution in [3.63, 3.8) is 0 Å². The number of rotatable bonds is 4. The summed E-state index contributed by atoms with van der Waals surface area (Å²) >= 11 is 4.69. The van der Waals surface area contributed by atoms with E-state index in [1.807, 2.05) is 30.3 Å². The summed E-state index contributed by atoms with van der Waals surface area (Å²) in [5, 5.41) is 4.04. The number of hydrogen-bond donors (Lipinski definition) is 2. The molecule has 2 heterocycles. The van der Waals surface area contributed by atoms with E-state index >= 15 is 0 Å². The molecule has 0 unspecified atom stereocenters. The van der Waals surface area contributed by atoms with Crippen molar-refractivity contribution in [2.45, 2.75) is 0 Å². The van der Waals surface area contributed by atoms with Crippen LogP contribution in [-0.2, 0) is 0 Å². The first-order chi connectivity index (χ1) is 12.1. The van der Waals surface area contributed by atoms with E-state index in [0.29, 0.717) is 21.9 Å². The topological polar surface area (TPSA) is 73.6 Å². The van der Waals surface area contributed by atoms with Crippen LogP contribution >= 0.6 is 27.3 Å². The van der Waals surface area contributed by atoms with Crippen LogP contribution in [0.5, 0.6) is 11.5 Å². The Hall–Kier alpha value is -2.51. The molecule has 1 aliphatic rings. The molecule has 2 aromatic carbocycles. The Morgan fingerprint density at radius 2 is 1.84 bits per heavy atom. The fourth-order valence-corrected chi connectivity index (χ4v) is 3.72. The zero-order valence-corrected chi connectivity index (χ0v) is 15.3. The van der Waals surface area contributed by atoms with E-state index in [1.165, 1.54) is 11.3 Å². The first kappa shape index (κ1) is 16.0. The Labute approximate surface area is 156 Å². The van der Waals surface area contributed by atoms with Crippen LogP contribution in [0.4, 0.5) is 16.4 Å². The van der Waals surface area contributed by atoms with Gasteiger partial charge in [0, 0.05) is 21.8 Å². The van der Waals surface area contributed by atoms with Crippen LogP contribution in [-0.4, -0.2) is 12.6 Å². The second kappa shape index (κ2) is 6.42. The Balaban J connectivity index is 1.57. The molecular weight excluding hydrogens is 404 g/mol. The van der Waals surface area contributed by atoms with E-state index in [9.17, 15) is 4.79 Å².